The molecule has 110 valence electrons. The lowest BCUT2D eigenvalue weighted by Crippen LogP contribution is -1.98. The molecule has 0 saturated heterocycles. The molecule has 0 amide bonds. The summed E-state index contributed by atoms with van der Waals surface area (Å²) in [5, 5.41) is 0. The van der Waals surface area contributed by atoms with Gasteiger partial charge >= 0.3 is 0 Å². The number of hydrogen-bond donors (Lipinski definition) is 0. The lowest BCUT2D eigenvalue weighted by Gasteiger charge is -2.10. The van der Waals surface area contributed by atoms with Crippen molar-refractivity contribution in [1.82, 2.24) is 0 Å². The van der Waals surface area contributed by atoms with Gasteiger partial charge in [0, 0.05) is 11.1 Å². The lowest BCUT2D eigenvalue weighted by atomic mass is 10.0. The van der Waals surface area contributed by atoms with Gasteiger partial charge in [-0.2, -0.15) is 4.39 Å². The Morgan fingerprint density at radius 2 is 1.38 bits per heavy atom. The van der Waals surface area contributed by atoms with E-state index in [1.54, 1.807) is 6.92 Å². The monoisotopic (exact) mass is 296 g/mol. The van der Waals surface area contributed by atoms with Gasteiger partial charge in [-0.25, -0.2) is 13.2 Å². The minimum Gasteiger partial charge on any atom is -0.462 e. The molecule has 0 saturated carbocycles. The molecule has 2 rings (SSSR count). The van der Waals surface area contributed by atoms with Crippen molar-refractivity contribution in [2.75, 3.05) is 0 Å². The van der Waals surface area contributed by atoms with Gasteiger partial charge in [0.2, 0.25) is 5.82 Å². The maximum Gasteiger partial charge on any atom is 0.201 e. The first kappa shape index (κ1) is 15.1. The fourth-order valence-corrected chi connectivity index (χ4v) is 1.83. The molecule has 0 spiro atoms. The SMILES string of the molecule is CC=COc1ccc(-c2ccc(C)c(F)c2F)c(F)c1F. The molecule has 0 fully saturated rings. The van der Waals surface area contributed by atoms with Crippen LogP contribution in [0.4, 0.5) is 17.6 Å². The number of allylic oxidation sites excluding steroid dienone is 1. The van der Waals surface area contributed by atoms with Crippen LogP contribution >= 0.6 is 0 Å². The van der Waals surface area contributed by atoms with Crippen LogP contribution in [0.1, 0.15) is 12.5 Å². The third-order valence-electron chi connectivity index (χ3n) is 2.94. The zero-order valence-electron chi connectivity index (χ0n) is 11.4. The summed E-state index contributed by atoms with van der Waals surface area (Å²) < 4.78 is 60.1. The first-order valence-corrected chi connectivity index (χ1v) is 6.18. The van der Waals surface area contributed by atoms with Crippen LogP contribution in [0.5, 0.6) is 5.75 Å². The molecule has 0 radical (unpaired) electrons. The molecule has 0 aliphatic heterocycles. The van der Waals surface area contributed by atoms with Crippen molar-refractivity contribution in [2.24, 2.45) is 0 Å². The molecule has 0 unspecified atom stereocenters. The topological polar surface area (TPSA) is 9.23 Å². The average molecular weight is 296 g/mol. The Morgan fingerprint density at radius 3 is 2.00 bits per heavy atom. The third kappa shape index (κ3) is 2.77. The van der Waals surface area contributed by atoms with Gasteiger partial charge in [0.1, 0.15) is 0 Å². The van der Waals surface area contributed by atoms with E-state index in [2.05, 4.69) is 0 Å². The fraction of sp³-hybridized carbons (Fsp3) is 0.125. The standard InChI is InChI=1S/C16H12F4O/c1-3-8-21-12-7-6-11(15(19)16(12)20)10-5-4-9(2)13(17)14(10)18/h3-8H,1-2H3. The summed E-state index contributed by atoms with van der Waals surface area (Å²) in [6.07, 6.45) is 2.68. The molecular formula is C16H12F4O. The summed E-state index contributed by atoms with van der Waals surface area (Å²) in [6, 6.07) is 4.81. The van der Waals surface area contributed by atoms with E-state index in [0.717, 1.165) is 12.1 Å². The quantitative estimate of drug-likeness (QED) is 0.563. The third-order valence-corrected chi connectivity index (χ3v) is 2.94. The predicted molar refractivity (Wildman–Crippen MR) is 71.9 cm³/mol. The van der Waals surface area contributed by atoms with Crippen LogP contribution in [0.25, 0.3) is 11.1 Å². The number of rotatable bonds is 3. The minimum atomic E-state index is -1.29. The molecule has 0 bridgehead atoms. The highest BCUT2D eigenvalue weighted by molar-refractivity contribution is 5.66. The molecule has 0 atom stereocenters. The van der Waals surface area contributed by atoms with Gasteiger partial charge in [0.25, 0.3) is 0 Å². The molecule has 1 nitrogen and oxygen atoms in total. The Morgan fingerprint density at radius 1 is 0.810 bits per heavy atom. The molecule has 21 heavy (non-hydrogen) atoms. The van der Waals surface area contributed by atoms with Crippen molar-refractivity contribution >= 4 is 0 Å². The molecule has 0 N–H and O–H groups in total. The van der Waals surface area contributed by atoms with Gasteiger partial charge < -0.3 is 4.74 Å². The van der Waals surface area contributed by atoms with E-state index in [4.69, 9.17) is 4.74 Å². The number of halogens is 4. The largest absolute Gasteiger partial charge is 0.462 e. The van der Waals surface area contributed by atoms with Crippen molar-refractivity contribution in [2.45, 2.75) is 13.8 Å². The van der Waals surface area contributed by atoms with Crippen LogP contribution in [0, 0.1) is 30.2 Å². The van der Waals surface area contributed by atoms with Crippen LogP contribution < -0.4 is 4.74 Å². The highest BCUT2D eigenvalue weighted by Crippen LogP contribution is 2.32. The number of hydrogen-bond acceptors (Lipinski definition) is 1. The smallest absolute Gasteiger partial charge is 0.201 e. The summed E-state index contributed by atoms with van der Waals surface area (Å²) >= 11 is 0. The normalized spacial score (nSPS) is 11.1. The Hall–Kier alpha value is -2.30. The molecule has 0 aliphatic carbocycles. The minimum absolute atomic E-state index is 0.0881. The van der Waals surface area contributed by atoms with Gasteiger partial charge in [-0.3, -0.25) is 0 Å². The molecule has 0 aromatic heterocycles. The van der Waals surface area contributed by atoms with Crippen LogP contribution in [-0.4, -0.2) is 0 Å². The van der Waals surface area contributed by atoms with Gasteiger partial charge in [0.15, 0.2) is 23.2 Å². The van der Waals surface area contributed by atoms with Gasteiger partial charge in [-0.05, 0) is 31.5 Å². The van der Waals surface area contributed by atoms with E-state index < -0.39 is 23.3 Å². The van der Waals surface area contributed by atoms with Gasteiger partial charge in [-0.1, -0.05) is 18.2 Å². The highest BCUT2D eigenvalue weighted by Gasteiger charge is 2.20. The molecule has 2 aromatic carbocycles. The zero-order valence-corrected chi connectivity index (χ0v) is 11.4. The number of aryl methyl sites for hydroxylation is 1. The van der Waals surface area contributed by atoms with Crippen molar-refractivity contribution in [3.05, 3.63) is 65.4 Å². The second-order valence-electron chi connectivity index (χ2n) is 4.38. The Bertz CT molecular complexity index is 708. The van der Waals surface area contributed by atoms with E-state index in [0.29, 0.717) is 0 Å². The highest BCUT2D eigenvalue weighted by atomic mass is 19.2. The maximum atomic E-state index is 14.0. The number of ether oxygens (including phenoxy) is 1. The molecule has 5 heteroatoms. The van der Waals surface area contributed by atoms with Crippen molar-refractivity contribution < 1.29 is 22.3 Å². The Kier molecular flexibility index (Phi) is 4.31. The van der Waals surface area contributed by atoms with Crippen molar-refractivity contribution in [3.8, 4) is 16.9 Å². The fourth-order valence-electron chi connectivity index (χ4n) is 1.83. The maximum absolute atomic E-state index is 14.0. The van der Waals surface area contributed by atoms with Crippen LogP contribution in [0.2, 0.25) is 0 Å². The summed E-state index contributed by atoms with van der Waals surface area (Å²) in [6.45, 7) is 3.03. The summed E-state index contributed by atoms with van der Waals surface area (Å²) in [4.78, 5) is 0. The first-order chi connectivity index (χ1) is 9.97. The Balaban J connectivity index is 2.56. The Labute approximate surface area is 119 Å². The van der Waals surface area contributed by atoms with Crippen molar-refractivity contribution in [3.63, 3.8) is 0 Å². The van der Waals surface area contributed by atoms with E-state index >= 15 is 0 Å². The molecule has 0 aliphatic rings. The van der Waals surface area contributed by atoms with Crippen LogP contribution in [0.3, 0.4) is 0 Å². The van der Waals surface area contributed by atoms with Gasteiger partial charge in [-0.15, -0.1) is 0 Å². The summed E-state index contributed by atoms with van der Waals surface area (Å²) in [5.74, 6) is -5.18. The van der Waals surface area contributed by atoms with Crippen LogP contribution in [-0.2, 0) is 0 Å². The van der Waals surface area contributed by atoms with Crippen molar-refractivity contribution in [1.29, 1.82) is 0 Å². The average Bonchev–Trinajstić information content (AvgIpc) is 2.47. The zero-order chi connectivity index (χ0) is 15.6. The lowest BCUT2D eigenvalue weighted by molar-refractivity contribution is 0.415. The summed E-state index contributed by atoms with van der Waals surface area (Å²) in [7, 11) is 0. The van der Waals surface area contributed by atoms with E-state index in [-0.39, 0.29) is 22.4 Å². The number of benzene rings is 2. The molecular weight excluding hydrogens is 284 g/mol. The second-order valence-corrected chi connectivity index (χ2v) is 4.38. The van der Waals surface area contributed by atoms with E-state index in [1.165, 1.54) is 31.4 Å². The van der Waals surface area contributed by atoms with Crippen LogP contribution in [0.15, 0.2) is 36.6 Å². The summed E-state index contributed by atoms with van der Waals surface area (Å²) in [5.41, 5.74) is -0.617. The second kappa shape index (κ2) is 5.99. The molecule has 0 heterocycles. The first-order valence-electron chi connectivity index (χ1n) is 6.18. The van der Waals surface area contributed by atoms with E-state index in [1.807, 2.05) is 0 Å². The van der Waals surface area contributed by atoms with E-state index in [9.17, 15) is 17.6 Å². The van der Waals surface area contributed by atoms with Gasteiger partial charge in [0.05, 0.1) is 6.26 Å². The molecule has 2 aromatic rings. The predicted octanol–water partition coefficient (Wildman–Crippen LogP) is 5.13.